The van der Waals surface area contributed by atoms with E-state index >= 15 is 0 Å². The first kappa shape index (κ1) is 13.5. The molecule has 0 bridgehead atoms. The normalized spacial score (nSPS) is 20.2. The van der Waals surface area contributed by atoms with E-state index in [4.69, 9.17) is 5.26 Å². The van der Waals surface area contributed by atoms with Gasteiger partial charge in [0.1, 0.15) is 5.54 Å². The molecule has 0 aromatic heterocycles. The van der Waals surface area contributed by atoms with Gasteiger partial charge in [0.15, 0.2) is 0 Å². The molecule has 5 heteroatoms. The Kier molecular flexibility index (Phi) is 4.75. The van der Waals surface area contributed by atoms with Crippen LogP contribution in [0.15, 0.2) is 0 Å². The molecule has 0 amide bonds. The molecule has 0 heterocycles. The SMILES string of the molecule is CCCCS(=O)(=O)NC1(C#N)CCCCC1. The highest BCUT2D eigenvalue weighted by molar-refractivity contribution is 7.89. The molecule has 0 spiro atoms. The third kappa shape index (κ3) is 3.76. The van der Waals surface area contributed by atoms with Gasteiger partial charge in [0.05, 0.1) is 11.8 Å². The molecule has 0 aromatic carbocycles. The Morgan fingerprint density at radius 3 is 2.44 bits per heavy atom. The summed E-state index contributed by atoms with van der Waals surface area (Å²) in [5.41, 5.74) is -0.829. The highest BCUT2D eigenvalue weighted by Crippen LogP contribution is 2.28. The molecule has 4 nitrogen and oxygen atoms in total. The summed E-state index contributed by atoms with van der Waals surface area (Å²) in [7, 11) is -3.29. The molecule has 0 aromatic rings. The van der Waals surface area contributed by atoms with E-state index in [2.05, 4.69) is 10.8 Å². The Hall–Kier alpha value is -0.600. The highest BCUT2D eigenvalue weighted by atomic mass is 32.2. The zero-order chi connectivity index (χ0) is 12.1. The summed E-state index contributed by atoms with van der Waals surface area (Å²) >= 11 is 0. The Bertz CT molecular complexity index is 351. The number of nitrogens with zero attached hydrogens (tertiary/aromatic N) is 1. The largest absolute Gasteiger partial charge is 0.212 e. The average Bonchev–Trinajstić information content (AvgIpc) is 2.27. The molecule has 1 rings (SSSR count). The summed E-state index contributed by atoms with van der Waals surface area (Å²) in [5.74, 6) is 0.132. The van der Waals surface area contributed by atoms with Gasteiger partial charge in [-0.15, -0.1) is 0 Å². The van der Waals surface area contributed by atoms with Crippen molar-refractivity contribution in [2.75, 3.05) is 5.75 Å². The predicted molar refractivity (Wildman–Crippen MR) is 63.3 cm³/mol. The zero-order valence-electron chi connectivity index (χ0n) is 9.83. The first-order valence-corrected chi connectivity index (χ1v) is 7.62. The number of hydrogen-bond acceptors (Lipinski definition) is 3. The van der Waals surface area contributed by atoms with Crippen LogP contribution in [0.4, 0.5) is 0 Å². The summed E-state index contributed by atoms with van der Waals surface area (Å²) in [6, 6.07) is 2.16. The van der Waals surface area contributed by atoms with Gasteiger partial charge in [-0.1, -0.05) is 32.6 Å². The lowest BCUT2D eigenvalue weighted by Gasteiger charge is -2.31. The van der Waals surface area contributed by atoms with Crippen molar-refractivity contribution in [3.63, 3.8) is 0 Å². The minimum Gasteiger partial charge on any atom is -0.212 e. The average molecular weight is 244 g/mol. The Balaban J connectivity index is 2.66. The number of rotatable bonds is 5. The minimum absolute atomic E-state index is 0.132. The first-order chi connectivity index (χ1) is 7.54. The molecule has 92 valence electrons. The first-order valence-electron chi connectivity index (χ1n) is 5.96. The Labute approximate surface area is 98.1 Å². The number of unbranched alkanes of at least 4 members (excludes halogenated alkanes) is 1. The van der Waals surface area contributed by atoms with Crippen molar-refractivity contribution in [2.24, 2.45) is 0 Å². The molecule has 1 aliphatic rings. The fourth-order valence-electron chi connectivity index (χ4n) is 2.08. The van der Waals surface area contributed by atoms with Gasteiger partial charge in [-0.2, -0.15) is 9.98 Å². The van der Waals surface area contributed by atoms with Crippen LogP contribution >= 0.6 is 0 Å². The molecular formula is C11H20N2O2S. The van der Waals surface area contributed by atoms with Crippen molar-refractivity contribution in [1.29, 1.82) is 5.26 Å². The van der Waals surface area contributed by atoms with Crippen LogP contribution in [0.25, 0.3) is 0 Å². The van der Waals surface area contributed by atoms with Crippen LogP contribution in [-0.2, 0) is 10.0 Å². The van der Waals surface area contributed by atoms with Crippen molar-refractivity contribution in [3.8, 4) is 6.07 Å². The van der Waals surface area contributed by atoms with Gasteiger partial charge in [0.25, 0.3) is 0 Å². The summed E-state index contributed by atoms with van der Waals surface area (Å²) in [6.07, 6.45) is 5.76. The van der Waals surface area contributed by atoms with Crippen molar-refractivity contribution < 1.29 is 8.42 Å². The third-order valence-corrected chi connectivity index (χ3v) is 4.57. The lowest BCUT2D eigenvalue weighted by Crippen LogP contribution is -2.49. The van der Waals surface area contributed by atoms with E-state index in [9.17, 15) is 8.42 Å². The third-order valence-electron chi connectivity index (χ3n) is 3.04. The van der Waals surface area contributed by atoms with E-state index < -0.39 is 15.6 Å². The van der Waals surface area contributed by atoms with Crippen LogP contribution in [0.1, 0.15) is 51.9 Å². The fraction of sp³-hybridized carbons (Fsp3) is 0.909. The Morgan fingerprint density at radius 2 is 1.94 bits per heavy atom. The lowest BCUT2D eigenvalue weighted by molar-refractivity contribution is 0.338. The summed E-state index contributed by atoms with van der Waals surface area (Å²) < 4.78 is 26.1. The number of hydrogen-bond donors (Lipinski definition) is 1. The second-order valence-corrected chi connectivity index (χ2v) is 6.37. The fourth-order valence-corrected chi connectivity index (χ4v) is 3.69. The maximum atomic E-state index is 11.8. The van der Waals surface area contributed by atoms with Gasteiger partial charge in [-0.05, 0) is 19.3 Å². The highest BCUT2D eigenvalue weighted by Gasteiger charge is 2.35. The van der Waals surface area contributed by atoms with Crippen molar-refractivity contribution >= 4 is 10.0 Å². The maximum Gasteiger partial charge on any atom is 0.212 e. The van der Waals surface area contributed by atoms with E-state index in [0.29, 0.717) is 19.3 Å². The van der Waals surface area contributed by atoms with Crippen LogP contribution in [0.2, 0.25) is 0 Å². The van der Waals surface area contributed by atoms with E-state index in [1.165, 1.54) is 0 Å². The Morgan fingerprint density at radius 1 is 1.31 bits per heavy atom. The van der Waals surface area contributed by atoms with Gasteiger partial charge >= 0.3 is 0 Å². The molecule has 0 aliphatic heterocycles. The van der Waals surface area contributed by atoms with Crippen LogP contribution in [0.3, 0.4) is 0 Å². The summed E-state index contributed by atoms with van der Waals surface area (Å²) in [6.45, 7) is 1.95. The van der Waals surface area contributed by atoms with Crippen molar-refractivity contribution in [3.05, 3.63) is 0 Å². The molecule has 16 heavy (non-hydrogen) atoms. The standard InChI is InChI=1S/C11H20N2O2S/c1-2-3-9-16(14,15)13-11(10-12)7-5-4-6-8-11/h13H,2-9H2,1H3. The van der Waals surface area contributed by atoms with Crippen molar-refractivity contribution in [1.82, 2.24) is 4.72 Å². The van der Waals surface area contributed by atoms with Gasteiger partial charge in [-0.3, -0.25) is 0 Å². The molecule has 1 saturated carbocycles. The van der Waals surface area contributed by atoms with Crippen LogP contribution in [0, 0.1) is 11.3 Å². The van der Waals surface area contributed by atoms with Crippen LogP contribution in [-0.4, -0.2) is 19.7 Å². The summed E-state index contributed by atoms with van der Waals surface area (Å²) in [5, 5.41) is 9.15. The summed E-state index contributed by atoms with van der Waals surface area (Å²) in [4.78, 5) is 0. The van der Waals surface area contributed by atoms with Gasteiger partial charge < -0.3 is 0 Å². The van der Waals surface area contributed by atoms with E-state index in [1.54, 1.807) is 0 Å². The van der Waals surface area contributed by atoms with E-state index in [1.807, 2.05) is 6.92 Å². The smallest absolute Gasteiger partial charge is 0.212 e. The molecule has 0 radical (unpaired) electrons. The zero-order valence-corrected chi connectivity index (χ0v) is 10.6. The quantitative estimate of drug-likeness (QED) is 0.803. The lowest BCUT2D eigenvalue weighted by atomic mass is 9.84. The predicted octanol–water partition coefficient (Wildman–Crippen LogP) is 1.93. The van der Waals surface area contributed by atoms with E-state index in [-0.39, 0.29) is 5.75 Å². The second-order valence-electron chi connectivity index (χ2n) is 4.53. The molecule has 0 atom stereocenters. The van der Waals surface area contributed by atoms with Gasteiger partial charge in [-0.25, -0.2) is 8.42 Å². The maximum absolute atomic E-state index is 11.8. The van der Waals surface area contributed by atoms with Gasteiger partial charge in [0.2, 0.25) is 10.0 Å². The van der Waals surface area contributed by atoms with Crippen molar-refractivity contribution in [2.45, 2.75) is 57.4 Å². The second kappa shape index (κ2) is 5.65. The monoisotopic (exact) mass is 244 g/mol. The van der Waals surface area contributed by atoms with E-state index in [0.717, 1.165) is 25.7 Å². The molecule has 1 N–H and O–H groups in total. The molecule has 0 saturated heterocycles. The molecule has 1 fully saturated rings. The minimum atomic E-state index is -3.29. The molecule has 0 unspecified atom stereocenters. The number of sulfonamides is 1. The van der Waals surface area contributed by atoms with Crippen LogP contribution < -0.4 is 4.72 Å². The molecular weight excluding hydrogens is 224 g/mol. The van der Waals surface area contributed by atoms with Crippen LogP contribution in [0.5, 0.6) is 0 Å². The number of nitriles is 1. The molecule has 1 aliphatic carbocycles. The number of nitrogens with one attached hydrogen (secondary N) is 1. The topological polar surface area (TPSA) is 70.0 Å². The van der Waals surface area contributed by atoms with Gasteiger partial charge in [0, 0.05) is 0 Å².